The number of rotatable bonds is 1. The molecule has 2 rings (SSSR count). The third-order valence-corrected chi connectivity index (χ3v) is 3.15. The standard InChI is InChI=1S/C10H9Br2N3/c1-6-5-15(10(13)14-6)9-3-2-7(11)4-8(9)12/h2-5H,1H3,(H2,13,14). The van der Waals surface area contributed by atoms with Crippen molar-refractivity contribution in [1.82, 2.24) is 9.55 Å². The first-order valence-electron chi connectivity index (χ1n) is 4.35. The zero-order valence-corrected chi connectivity index (χ0v) is 11.2. The zero-order chi connectivity index (χ0) is 11.0. The van der Waals surface area contributed by atoms with E-state index in [2.05, 4.69) is 36.8 Å². The number of imidazole rings is 1. The largest absolute Gasteiger partial charge is 0.369 e. The summed E-state index contributed by atoms with van der Waals surface area (Å²) in [7, 11) is 0. The van der Waals surface area contributed by atoms with E-state index in [1.165, 1.54) is 0 Å². The molecule has 15 heavy (non-hydrogen) atoms. The maximum absolute atomic E-state index is 5.80. The third kappa shape index (κ3) is 2.08. The number of nitrogens with zero attached hydrogens (tertiary/aromatic N) is 2. The Kier molecular flexibility index (Phi) is 2.84. The summed E-state index contributed by atoms with van der Waals surface area (Å²) in [6.45, 7) is 1.92. The molecule has 0 atom stereocenters. The van der Waals surface area contributed by atoms with Crippen molar-refractivity contribution in [3.05, 3.63) is 39.0 Å². The normalized spacial score (nSPS) is 10.6. The van der Waals surface area contributed by atoms with E-state index in [0.29, 0.717) is 5.95 Å². The van der Waals surface area contributed by atoms with Crippen LogP contribution in [0.5, 0.6) is 0 Å². The van der Waals surface area contributed by atoms with Crippen molar-refractivity contribution in [3.63, 3.8) is 0 Å². The van der Waals surface area contributed by atoms with Crippen molar-refractivity contribution in [2.75, 3.05) is 5.73 Å². The van der Waals surface area contributed by atoms with Gasteiger partial charge in [0.25, 0.3) is 0 Å². The summed E-state index contributed by atoms with van der Waals surface area (Å²) in [4.78, 5) is 4.16. The first-order valence-corrected chi connectivity index (χ1v) is 5.93. The van der Waals surface area contributed by atoms with E-state index in [-0.39, 0.29) is 0 Å². The Morgan fingerprint density at radius 2 is 2.07 bits per heavy atom. The predicted molar refractivity (Wildman–Crippen MR) is 68.1 cm³/mol. The lowest BCUT2D eigenvalue weighted by Crippen LogP contribution is -2.00. The van der Waals surface area contributed by atoms with Gasteiger partial charge < -0.3 is 5.73 Å². The van der Waals surface area contributed by atoms with Gasteiger partial charge in [0, 0.05) is 15.1 Å². The van der Waals surface area contributed by atoms with Gasteiger partial charge in [-0.15, -0.1) is 0 Å². The van der Waals surface area contributed by atoms with Crippen LogP contribution in [0, 0.1) is 6.92 Å². The lowest BCUT2D eigenvalue weighted by atomic mass is 10.3. The summed E-state index contributed by atoms with van der Waals surface area (Å²) < 4.78 is 3.85. The number of halogens is 2. The molecule has 3 nitrogen and oxygen atoms in total. The van der Waals surface area contributed by atoms with Crippen LogP contribution in [-0.2, 0) is 0 Å². The molecule has 0 aliphatic heterocycles. The van der Waals surface area contributed by atoms with Crippen LogP contribution in [0.4, 0.5) is 5.95 Å². The fourth-order valence-corrected chi connectivity index (χ4v) is 2.62. The molecule has 0 radical (unpaired) electrons. The first kappa shape index (κ1) is 10.7. The number of hydrogen-bond acceptors (Lipinski definition) is 2. The molecule has 78 valence electrons. The lowest BCUT2D eigenvalue weighted by molar-refractivity contribution is 1.06. The summed E-state index contributed by atoms with van der Waals surface area (Å²) in [6, 6.07) is 5.92. The molecule has 0 saturated carbocycles. The second-order valence-corrected chi connectivity index (χ2v) is 4.98. The van der Waals surface area contributed by atoms with Gasteiger partial charge in [0.05, 0.1) is 11.4 Å². The fourth-order valence-electron chi connectivity index (χ4n) is 1.39. The Morgan fingerprint density at radius 1 is 1.33 bits per heavy atom. The molecule has 1 aromatic carbocycles. The van der Waals surface area contributed by atoms with Crippen molar-refractivity contribution < 1.29 is 0 Å². The Morgan fingerprint density at radius 3 is 2.60 bits per heavy atom. The monoisotopic (exact) mass is 329 g/mol. The van der Waals surface area contributed by atoms with Crippen molar-refractivity contribution in [3.8, 4) is 5.69 Å². The van der Waals surface area contributed by atoms with Crippen molar-refractivity contribution in [2.24, 2.45) is 0 Å². The quantitative estimate of drug-likeness (QED) is 0.872. The average Bonchev–Trinajstić information content (AvgIpc) is 2.45. The molecular weight excluding hydrogens is 322 g/mol. The molecule has 0 aliphatic carbocycles. The van der Waals surface area contributed by atoms with Crippen LogP contribution in [0.1, 0.15) is 5.69 Å². The van der Waals surface area contributed by atoms with Gasteiger partial charge in [0.15, 0.2) is 0 Å². The van der Waals surface area contributed by atoms with E-state index >= 15 is 0 Å². The Bertz CT molecular complexity index is 505. The minimum atomic E-state index is 0.496. The van der Waals surface area contributed by atoms with Gasteiger partial charge in [-0.3, -0.25) is 4.57 Å². The van der Waals surface area contributed by atoms with Crippen LogP contribution in [0.3, 0.4) is 0 Å². The van der Waals surface area contributed by atoms with Crippen LogP contribution >= 0.6 is 31.9 Å². The number of benzene rings is 1. The van der Waals surface area contributed by atoms with E-state index in [9.17, 15) is 0 Å². The fraction of sp³-hybridized carbons (Fsp3) is 0.100. The van der Waals surface area contributed by atoms with Gasteiger partial charge in [0.1, 0.15) is 0 Å². The molecule has 0 bridgehead atoms. The molecule has 1 aromatic heterocycles. The van der Waals surface area contributed by atoms with E-state index in [1.54, 1.807) is 0 Å². The van der Waals surface area contributed by atoms with Crippen LogP contribution in [-0.4, -0.2) is 9.55 Å². The molecule has 0 saturated heterocycles. The number of nitrogen functional groups attached to an aromatic ring is 1. The minimum Gasteiger partial charge on any atom is -0.369 e. The summed E-state index contributed by atoms with van der Waals surface area (Å²) in [5.74, 6) is 0.496. The maximum Gasteiger partial charge on any atom is 0.205 e. The number of aryl methyl sites for hydroxylation is 1. The summed E-state index contributed by atoms with van der Waals surface area (Å²) in [6.07, 6.45) is 1.91. The van der Waals surface area contributed by atoms with Crippen molar-refractivity contribution >= 4 is 37.8 Å². The van der Waals surface area contributed by atoms with Gasteiger partial charge in [-0.1, -0.05) is 15.9 Å². The van der Waals surface area contributed by atoms with Crippen LogP contribution < -0.4 is 5.73 Å². The predicted octanol–water partition coefficient (Wildman–Crippen LogP) is 3.29. The van der Waals surface area contributed by atoms with Crippen LogP contribution in [0.25, 0.3) is 5.69 Å². The molecule has 0 fully saturated rings. The number of anilines is 1. The third-order valence-electron chi connectivity index (χ3n) is 2.02. The lowest BCUT2D eigenvalue weighted by Gasteiger charge is -2.07. The van der Waals surface area contributed by atoms with Gasteiger partial charge >= 0.3 is 0 Å². The van der Waals surface area contributed by atoms with Crippen LogP contribution in [0.2, 0.25) is 0 Å². The molecule has 1 heterocycles. The van der Waals surface area contributed by atoms with E-state index in [0.717, 1.165) is 20.3 Å². The second-order valence-electron chi connectivity index (χ2n) is 3.21. The Hall–Kier alpha value is -0.810. The average molecular weight is 331 g/mol. The second kappa shape index (κ2) is 3.98. The highest BCUT2D eigenvalue weighted by Gasteiger charge is 2.07. The van der Waals surface area contributed by atoms with E-state index in [4.69, 9.17) is 5.73 Å². The number of hydrogen-bond donors (Lipinski definition) is 1. The smallest absolute Gasteiger partial charge is 0.205 e. The number of aromatic nitrogens is 2. The van der Waals surface area contributed by atoms with E-state index < -0.39 is 0 Å². The summed E-state index contributed by atoms with van der Waals surface area (Å²) >= 11 is 6.90. The zero-order valence-electron chi connectivity index (χ0n) is 8.04. The molecular formula is C10H9Br2N3. The van der Waals surface area contributed by atoms with Gasteiger partial charge in [-0.05, 0) is 41.1 Å². The molecule has 0 unspecified atom stereocenters. The SMILES string of the molecule is Cc1cn(-c2ccc(Br)cc2Br)c(N)n1. The Labute approximate surface area is 105 Å². The Balaban J connectivity index is 2.59. The van der Waals surface area contributed by atoms with Crippen molar-refractivity contribution in [2.45, 2.75) is 6.92 Å². The highest BCUT2D eigenvalue weighted by molar-refractivity contribution is 9.11. The van der Waals surface area contributed by atoms with Gasteiger partial charge in [-0.25, -0.2) is 4.98 Å². The molecule has 2 N–H and O–H groups in total. The topological polar surface area (TPSA) is 43.8 Å². The van der Waals surface area contributed by atoms with Gasteiger partial charge in [-0.2, -0.15) is 0 Å². The molecule has 0 amide bonds. The molecule has 0 spiro atoms. The van der Waals surface area contributed by atoms with Crippen molar-refractivity contribution in [1.29, 1.82) is 0 Å². The van der Waals surface area contributed by atoms with Crippen LogP contribution in [0.15, 0.2) is 33.3 Å². The summed E-state index contributed by atoms with van der Waals surface area (Å²) in [5.41, 5.74) is 7.69. The van der Waals surface area contributed by atoms with E-state index in [1.807, 2.05) is 35.9 Å². The van der Waals surface area contributed by atoms with Gasteiger partial charge in [0.2, 0.25) is 5.95 Å². The molecule has 5 heteroatoms. The first-order chi connectivity index (χ1) is 7.08. The minimum absolute atomic E-state index is 0.496. The molecule has 0 aliphatic rings. The highest BCUT2D eigenvalue weighted by Crippen LogP contribution is 2.26. The highest BCUT2D eigenvalue weighted by atomic mass is 79.9. The maximum atomic E-state index is 5.80. The summed E-state index contributed by atoms with van der Waals surface area (Å²) in [5, 5.41) is 0. The molecule has 2 aromatic rings. The number of nitrogens with two attached hydrogens (primary N) is 1.